The number of nitrogens with zero attached hydrogens (tertiary/aromatic N) is 1. The van der Waals surface area contributed by atoms with Gasteiger partial charge in [-0.1, -0.05) is 18.0 Å². The van der Waals surface area contributed by atoms with Gasteiger partial charge in [0, 0.05) is 19.6 Å². The van der Waals surface area contributed by atoms with Crippen molar-refractivity contribution in [3.8, 4) is 0 Å². The average molecular weight is 321 g/mol. The smallest absolute Gasteiger partial charge is 0.244 e. The fraction of sp³-hybridized carbons (Fsp3) is 0.538. The van der Waals surface area contributed by atoms with E-state index in [2.05, 4.69) is 5.32 Å². The van der Waals surface area contributed by atoms with Crippen LogP contribution in [0.15, 0.2) is 23.1 Å². The van der Waals surface area contributed by atoms with Crippen molar-refractivity contribution in [3.63, 3.8) is 0 Å². The van der Waals surface area contributed by atoms with Gasteiger partial charge >= 0.3 is 0 Å². The average Bonchev–Trinajstić information content (AvgIpc) is 2.39. The lowest BCUT2D eigenvalue weighted by Crippen LogP contribution is -2.44. The molecule has 0 bridgehead atoms. The van der Waals surface area contributed by atoms with Gasteiger partial charge in [0.2, 0.25) is 10.0 Å². The summed E-state index contributed by atoms with van der Waals surface area (Å²) in [6.45, 7) is 1.30. The van der Waals surface area contributed by atoms with E-state index in [4.69, 9.17) is 11.6 Å². The van der Waals surface area contributed by atoms with E-state index in [9.17, 15) is 12.8 Å². The lowest BCUT2D eigenvalue weighted by atomic mass is 10.1. The van der Waals surface area contributed by atoms with E-state index in [1.165, 1.54) is 17.4 Å². The minimum Gasteiger partial charge on any atom is -0.313 e. The number of hydrogen-bond donors (Lipinski definition) is 1. The highest BCUT2D eigenvalue weighted by Gasteiger charge is 2.26. The fourth-order valence-corrected chi connectivity index (χ4v) is 4.06. The molecule has 20 heavy (non-hydrogen) atoms. The SMILES string of the molecule is CN(CC1CCCCN1)S(=O)(=O)c1ccc(F)cc1Cl. The van der Waals surface area contributed by atoms with E-state index in [0.29, 0.717) is 6.54 Å². The standard InChI is InChI=1S/C13H18ClFN2O2S/c1-17(9-11-4-2-3-7-16-11)20(18,19)13-6-5-10(15)8-12(13)14/h5-6,8,11,16H,2-4,7,9H2,1H3. The molecule has 0 aliphatic carbocycles. The van der Waals surface area contributed by atoms with Gasteiger partial charge in [-0.3, -0.25) is 0 Å². The molecule has 0 saturated carbocycles. The number of benzene rings is 1. The molecule has 1 atom stereocenters. The van der Waals surface area contributed by atoms with Crippen LogP contribution in [0.5, 0.6) is 0 Å². The molecular formula is C13H18ClFN2O2S. The Balaban J connectivity index is 2.16. The molecule has 0 amide bonds. The summed E-state index contributed by atoms with van der Waals surface area (Å²) in [5, 5.41) is 3.21. The van der Waals surface area contributed by atoms with Gasteiger partial charge in [0.25, 0.3) is 0 Å². The molecule has 1 aromatic carbocycles. The second-order valence-electron chi connectivity index (χ2n) is 5.01. The van der Waals surface area contributed by atoms with Crippen molar-refractivity contribution >= 4 is 21.6 Å². The first-order valence-electron chi connectivity index (χ1n) is 6.56. The third-order valence-corrected chi connectivity index (χ3v) is 5.78. The molecule has 0 spiro atoms. The summed E-state index contributed by atoms with van der Waals surface area (Å²) in [4.78, 5) is -0.0566. The molecule has 1 saturated heterocycles. The molecule has 1 aliphatic heterocycles. The van der Waals surface area contributed by atoms with Gasteiger partial charge in [-0.2, -0.15) is 4.31 Å². The van der Waals surface area contributed by atoms with E-state index in [1.807, 2.05) is 0 Å². The highest BCUT2D eigenvalue weighted by atomic mass is 35.5. The molecule has 7 heteroatoms. The van der Waals surface area contributed by atoms with Gasteiger partial charge in [0.05, 0.1) is 5.02 Å². The second kappa shape index (κ2) is 6.39. The van der Waals surface area contributed by atoms with Crippen LogP contribution >= 0.6 is 11.6 Å². The summed E-state index contributed by atoms with van der Waals surface area (Å²) in [7, 11) is -2.17. The van der Waals surface area contributed by atoms with Crippen molar-refractivity contribution in [2.24, 2.45) is 0 Å². The molecule has 0 aromatic heterocycles. The van der Waals surface area contributed by atoms with Crippen LogP contribution in [0.2, 0.25) is 5.02 Å². The van der Waals surface area contributed by atoms with Crippen molar-refractivity contribution < 1.29 is 12.8 Å². The van der Waals surface area contributed by atoms with Gasteiger partial charge in [0.1, 0.15) is 10.7 Å². The summed E-state index contributed by atoms with van der Waals surface area (Å²) >= 11 is 5.84. The summed E-state index contributed by atoms with van der Waals surface area (Å²) in [6, 6.07) is 3.48. The monoisotopic (exact) mass is 320 g/mol. The molecule has 0 radical (unpaired) electrons. The van der Waals surface area contributed by atoms with Crippen molar-refractivity contribution in [2.75, 3.05) is 20.1 Å². The molecular weight excluding hydrogens is 303 g/mol. The number of halogens is 2. The maximum Gasteiger partial charge on any atom is 0.244 e. The van der Waals surface area contributed by atoms with Crippen molar-refractivity contribution in [1.82, 2.24) is 9.62 Å². The van der Waals surface area contributed by atoms with E-state index < -0.39 is 15.8 Å². The van der Waals surface area contributed by atoms with Gasteiger partial charge < -0.3 is 5.32 Å². The third-order valence-electron chi connectivity index (χ3n) is 3.47. The van der Waals surface area contributed by atoms with Crippen molar-refractivity contribution in [3.05, 3.63) is 29.0 Å². The van der Waals surface area contributed by atoms with E-state index in [1.54, 1.807) is 0 Å². The Kier molecular flexibility index (Phi) is 5.01. The Labute approximate surface area is 124 Å². The zero-order valence-corrected chi connectivity index (χ0v) is 12.8. The van der Waals surface area contributed by atoms with Crippen LogP contribution in [-0.4, -0.2) is 38.9 Å². The number of piperidine rings is 1. The summed E-state index contributed by atoms with van der Waals surface area (Å²) in [5.74, 6) is -0.550. The quantitative estimate of drug-likeness (QED) is 0.925. The largest absolute Gasteiger partial charge is 0.313 e. The molecule has 1 N–H and O–H groups in total. The number of sulfonamides is 1. The third kappa shape index (κ3) is 3.49. The lowest BCUT2D eigenvalue weighted by Gasteiger charge is -2.28. The van der Waals surface area contributed by atoms with Crippen LogP contribution in [-0.2, 0) is 10.0 Å². The maximum atomic E-state index is 13.0. The van der Waals surface area contributed by atoms with E-state index in [0.717, 1.165) is 37.9 Å². The summed E-state index contributed by atoms with van der Waals surface area (Å²) in [6.07, 6.45) is 3.18. The Bertz CT molecular complexity index is 574. The summed E-state index contributed by atoms with van der Waals surface area (Å²) in [5.41, 5.74) is 0. The molecule has 4 nitrogen and oxygen atoms in total. The van der Waals surface area contributed by atoms with Crippen LogP contribution < -0.4 is 5.32 Å². The van der Waals surface area contributed by atoms with E-state index >= 15 is 0 Å². The Morgan fingerprint density at radius 3 is 2.80 bits per heavy atom. The maximum absolute atomic E-state index is 13.0. The molecule has 2 rings (SSSR count). The second-order valence-corrected chi connectivity index (χ2v) is 7.43. The van der Waals surface area contributed by atoms with Gasteiger partial charge in [-0.15, -0.1) is 0 Å². The molecule has 1 aromatic rings. The number of rotatable bonds is 4. The Hall–Kier alpha value is -0.690. The fourth-order valence-electron chi connectivity index (χ4n) is 2.34. The van der Waals surface area contributed by atoms with Gasteiger partial charge in [-0.05, 0) is 37.6 Å². The van der Waals surface area contributed by atoms with Crippen molar-refractivity contribution in [1.29, 1.82) is 0 Å². The van der Waals surface area contributed by atoms with Crippen LogP contribution in [0.1, 0.15) is 19.3 Å². The number of likely N-dealkylation sites (N-methyl/N-ethyl adjacent to an activating group) is 1. The molecule has 1 unspecified atom stereocenters. The topological polar surface area (TPSA) is 49.4 Å². The Morgan fingerprint density at radius 1 is 1.45 bits per heavy atom. The van der Waals surface area contributed by atoms with Crippen LogP contribution in [0.4, 0.5) is 4.39 Å². The van der Waals surface area contributed by atoms with Gasteiger partial charge in [-0.25, -0.2) is 12.8 Å². The van der Waals surface area contributed by atoms with Crippen LogP contribution in [0.25, 0.3) is 0 Å². The normalized spacial score (nSPS) is 20.3. The molecule has 1 heterocycles. The van der Waals surface area contributed by atoms with Crippen LogP contribution in [0, 0.1) is 5.82 Å². The first kappa shape index (κ1) is 15.7. The van der Waals surface area contributed by atoms with Crippen LogP contribution in [0.3, 0.4) is 0 Å². The summed E-state index contributed by atoms with van der Waals surface area (Å²) < 4.78 is 39.1. The molecule has 1 fully saturated rings. The zero-order chi connectivity index (χ0) is 14.8. The highest BCUT2D eigenvalue weighted by Crippen LogP contribution is 2.25. The van der Waals surface area contributed by atoms with E-state index in [-0.39, 0.29) is 16.0 Å². The molecule has 112 valence electrons. The minimum absolute atomic E-state index is 0.0566. The molecule has 1 aliphatic rings. The predicted molar refractivity (Wildman–Crippen MR) is 76.9 cm³/mol. The van der Waals surface area contributed by atoms with Crippen molar-refractivity contribution in [2.45, 2.75) is 30.2 Å². The zero-order valence-electron chi connectivity index (χ0n) is 11.3. The minimum atomic E-state index is -3.69. The lowest BCUT2D eigenvalue weighted by molar-refractivity contribution is 0.337. The first-order chi connectivity index (χ1) is 9.41. The number of hydrogen-bond acceptors (Lipinski definition) is 3. The Morgan fingerprint density at radius 2 is 2.20 bits per heavy atom. The van der Waals surface area contributed by atoms with Gasteiger partial charge in [0.15, 0.2) is 0 Å². The first-order valence-corrected chi connectivity index (χ1v) is 8.38. The highest BCUT2D eigenvalue weighted by molar-refractivity contribution is 7.89. The predicted octanol–water partition coefficient (Wildman–Crippen LogP) is 2.24. The number of nitrogens with one attached hydrogen (secondary N) is 1.